The molecule has 0 radical (unpaired) electrons. The molecular formula is C8H19O6P. The SMILES string of the molecule is CC(C)C(=O)O.CCCC(O)O.O=PO. The lowest BCUT2D eigenvalue weighted by molar-refractivity contribution is -0.140. The number of hydrogen-bond acceptors (Lipinski definition) is 4. The highest BCUT2D eigenvalue weighted by Crippen LogP contribution is 1.88. The maximum absolute atomic E-state index is 9.70. The van der Waals surface area contributed by atoms with E-state index < -0.39 is 20.9 Å². The van der Waals surface area contributed by atoms with Crippen molar-refractivity contribution in [3.8, 4) is 0 Å². The minimum Gasteiger partial charge on any atom is -0.481 e. The van der Waals surface area contributed by atoms with Crippen LogP contribution in [0.1, 0.15) is 33.6 Å². The average molecular weight is 242 g/mol. The summed E-state index contributed by atoms with van der Waals surface area (Å²) >= 11 is 0. The van der Waals surface area contributed by atoms with Crippen LogP contribution in [0.4, 0.5) is 0 Å². The van der Waals surface area contributed by atoms with E-state index in [-0.39, 0.29) is 5.92 Å². The van der Waals surface area contributed by atoms with Gasteiger partial charge in [-0.3, -0.25) is 4.79 Å². The van der Waals surface area contributed by atoms with Crippen molar-refractivity contribution in [1.82, 2.24) is 0 Å². The van der Waals surface area contributed by atoms with Crippen LogP contribution in [0, 0.1) is 5.92 Å². The van der Waals surface area contributed by atoms with Crippen LogP contribution in [0.2, 0.25) is 0 Å². The fraction of sp³-hybridized carbons (Fsp3) is 0.875. The van der Waals surface area contributed by atoms with E-state index in [1.807, 2.05) is 6.92 Å². The zero-order chi connectivity index (χ0) is 12.9. The van der Waals surface area contributed by atoms with Crippen molar-refractivity contribution in [2.45, 2.75) is 39.9 Å². The summed E-state index contributed by atoms with van der Waals surface area (Å²) in [7, 11) is -0.833. The van der Waals surface area contributed by atoms with Crippen molar-refractivity contribution in [3.63, 3.8) is 0 Å². The Kier molecular flexibility index (Phi) is 21.1. The Balaban J connectivity index is -0.000000153. The number of aliphatic hydroxyl groups excluding tert-OH is 1. The third-order valence-electron chi connectivity index (χ3n) is 1.04. The number of aliphatic hydroxyl groups is 2. The van der Waals surface area contributed by atoms with Crippen molar-refractivity contribution in [3.05, 3.63) is 0 Å². The van der Waals surface area contributed by atoms with Crippen molar-refractivity contribution in [2.24, 2.45) is 5.92 Å². The molecule has 0 aromatic rings. The average Bonchev–Trinajstić information content (AvgIpc) is 2.05. The van der Waals surface area contributed by atoms with Crippen LogP contribution < -0.4 is 0 Å². The zero-order valence-electron chi connectivity index (χ0n) is 9.12. The summed E-state index contributed by atoms with van der Waals surface area (Å²) in [6.07, 6.45) is 0.215. The molecule has 0 aromatic carbocycles. The second kappa shape index (κ2) is 15.9. The molecule has 6 nitrogen and oxygen atoms in total. The molecule has 0 saturated carbocycles. The summed E-state index contributed by atoms with van der Waals surface area (Å²) in [6, 6.07) is 0. The lowest BCUT2D eigenvalue weighted by Crippen LogP contribution is -2.03. The Morgan fingerprint density at radius 3 is 1.60 bits per heavy atom. The van der Waals surface area contributed by atoms with E-state index in [1.54, 1.807) is 13.8 Å². The summed E-state index contributed by atoms with van der Waals surface area (Å²) in [4.78, 5) is 16.7. The number of carbonyl (C=O) groups is 1. The molecule has 0 heterocycles. The highest BCUT2D eigenvalue weighted by Gasteiger charge is 1.99. The Bertz CT molecular complexity index is 148. The molecular weight excluding hydrogens is 223 g/mol. The van der Waals surface area contributed by atoms with E-state index in [1.165, 1.54) is 0 Å². The molecule has 0 aromatic heterocycles. The van der Waals surface area contributed by atoms with Crippen molar-refractivity contribution >= 4 is 14.7 Å². The summed E-state index contributed by atoms with van der Waals surface area (Å²) in [6.45, 7) is 5.18. The van der Waals surface area contributed by atoms with Crippen LogP contribution in [-0.2, 0) is 9.36 Å². The van der Waals surface area contributed by atoms with Crippen LogP contribution in [0.3, 0.4) is 0 Å². The van der Waals surface area contributed by atoms with Gasteiger partial charge in [-0.2, -0.15) is 0 Å². The third kappa shape index (κ3) is 42.4. The minimum absolute atomic E-state index is 0.231. The molecule has 92 valence electrons. The van der Waals surface area contributed by atoms with Gasteiger partial charge >= 0.3 is 14.7 Å². The van der Waals surface area contributed by atoms with E-state index in [0.717, 1.165) is 6.42 Å². The first-order valence-corrected chi connectivity index (χ1v) is 5.15. The summed E-state index contributed by atoms with van der Waals surface area (Å²) in [5, 5.41) is 24.2. The van der Waals surface area contributed by atoms with Gasteiger partial charge in [-0.25, -0.2) is 4.57 Å². The van der Waals surface area contributed by atoms with E-state index in [2.05, 4.69) is 0 Å². The Hall–Kier alpha value is -0.550. The molecule has 0 rings (SSSR count). The summed E-state index contributed by atoms with van der Waals surface area (Å²) in [5.74, 6) is -0.972. The fourth-order valence-electron chi connectivity index (χ4n) is 0.258. The third-order valence-corrected chi connectivity index (χ3v) is 1.04. The van der Waals surface area contributed by atoms with E-state index >= 15 is 0 Å². The van der Waals surface area contributed by atoms with Gasteiger partial charge in [-0.1, -0.05) is 27.2 Å². The fourth-order valence-corrected chi connectivity index (χ4v) is 0.258. The Labute approximate surface area is 90.9 Å². The number of carboxylic acid groups (broad SMARTS) is 1. The van der Waals surface area contributed by atoms with Crippen LogP contribution in [-0.4, -0.2) is 32.5 Å². The van der Waals surface area contributed by atoms with Gasteiger partial charge in [-0.05, 0) is 6.42 Å². The van der Waals surface area contributed by atoms with Gasteiger partial charge in [0.15, 0.2) is 6.29 Å². The summed E-state index contributed by atoms with van der Waals surface area (Å²) < 4.78 is 8.46. The lowest BCUT2D eigenvalue weighted by atomic mass is 10.2. The van der Waals surface area contributed by atoms with E-state index in [0.29, 0.717) is 6.42 Å². The molecule has 0 bridgehead atoms. The number of rotatable bonds is 3. The van der Waals surface area contributed by atoms with Gasteiger partial charge < -0.3 is 20.2 Å². The lowest BCUT2D eigenvalue weighted by Gasteiger charge is -1.94. The standard InChI is InChI=1S/C4H8O2.C4H10O2.HO2P/c1-3(2)4(5)6;1-2-3-4(5)6;1-3-2/h3H,1-2H3,(H,5,6);4-6H,2-3H2,1H3;(H,1,2). The van der Waals surface area contributed by atoms with E-state index in [9.17, 15) is 4.79 Å². The number of aliphatic carboxylic acids is 1. The minimum atomic E-state index is -1.10. The Morgan fingerprint density at radius 2 is 1.60 bits per heavy atom. The van der Waals surface area contributed by atoms with Gasteiger partial charge in [0, 0.05) is 0 Å². The molecule has 0 aliphatic rings. The molecule has 0 aliphatic heterocycles. The van der Waals surface area contributed by atoms with Crippen LogP contribution in [0.5, 0.6) is 0 Å². The molecule has 0 amide bonds. The maximum Gasteiger partial charge on any atom is 0.324 e. The highest BCUT2D eigenvalue weighted by molar-refractivity contribution is 7.16. The first-order valence-electron chi connectivity index (χ1n) is 4.39. The first-order chi connectivity index (χ1) is 6.83. The summed E-state index contributed by atoms with van der Waals surface area (Å²) in [5.41, 5.74) is 0. The highest BCUT2D eigenvalue weighted by atomic mass is 31.1. The molecule has 4 N–H and O–H groups in total. The Morgan fingerprint density at radius 1 is 1.33 bits per heavy atom. The van der Waals surface area contributed by atoms with Gasteiger partial charge in [-0.15, -0.1) is 0 Å². The number of carboxylic acids is 1. The van der Waals surface area contributed by atoms with Crippen molar-refractivity contribution in [1.29, 1.82) is 0 Å². The van der Waals surface area contributed by atoms with Crippen LogP contribution in [0.15, 0.2) is 0 Å². The first kappa shape index (κ1) is 19.9. The quantitative estimate of drug-likeness (QED) is 0.433. The zero-order valence-corrected chi connectivity index (χ0v) is 10.0. The van der Waals surface area contributed by atoms with Gasteiger partial charge in [0.05, 0.1) is 5.92 Å². The van der Waals surface area contributed by atoms with Crippen LogP contribution >= 0.6 is 8.69 Å². The molecule has 0 saturated heterocycles. The molecule has 0 spiro atoms. The normalized spacial score (nSPS) is 9.07. The second-order valence-corrected chi connectivity index (χ2v) is 3.01. The van der Waals surface area contributed by atoms with E-state index in [4.69, 9.17) is 24.8 Å². The molecule has 0 unspecified atom stereocenters. The van der Waals surface area contributed by atoms with Crippen molar-refractivity contribution in [2.75, 3.05) is 0 Å². The molecule has 7 heteroatoms. The molecule has 0 atom stereocenters. The second-order valence-electron chi connectivity index (χ2n) is 2.84. The van der Waals surface area contributed by atoms with Gasteiger partial charge in [0.2, 0.25) is 0 Å². The monoisotopic (exact) mass is 242 g/mol. The van der Waals surface area contributed by atoms with Gasteiger partial charge in [0.1, 0.15) is 0 Å². The smallest absolute Gasteiger partial charge is 0.324 e. The maximum atomic E-state index is 9.70. The van der Waals surface area contributed by atoms with Crippen LogP contribution in [0.25, 0.3) is 0 Å². The number of hydrogen-bond donors (Lipinski definition) is 4. The predicted molar refractivity (Wildman–Crippen MR) is 55.4 cm³/mol. The van der Waals surface area contributed by atoms with Gasteiger partial charge in [0.25, 0.3) is 0 Å². The molecule has 15 heavy (non-hydrogen) atoms. The topological polar surface area (TPSA) is 115 Å². The van der Waals surface area contributed by atoms with Crippen molar-refractivity contribution < 1.29 is 29.6 Å². The largest absolute Gasteiger partial charge is 0.481 e. The molecule has 0 aliphatic carbocycles. The predicted octanol–water partition coefficient (Wildman–Crippen LogP) is 1.01. The molecule has 0 fully saturated rings.